The normalized spacial score (nSPS) is 11.7. The topological polar surface area (TPSA) is 119 Å². The molecule has 0 bridgehead atoms. The molecule has 1 aliphatic rings. The van der Waals surface area contributed by atoms with Gasteiger partial charge in [0.25, 0.3) is 0 Å². The van der Waals surface area contributed by atoms with Gasteiger partial charge in [-0.05, 0) is 18.6 Å². The molecule has 0 spiro atoms. The highest BCUT2D eigenvalue weighted by atomic mass is 32.2. The van der Waals surface area contributed by atoms with Gasteiger partial charge in [0.2, 0.25) is 0 Å². The van der Waals surface area contributed by atoms with Gasteiger partial charge in [-0.15, -0.1) is 0 Å². The van der Waals surface area contributed by atoms with E-state index in [0.717, 1.165) is 15.4 Å². The predicted molar refractivity (Wildman–Crippen MR) is 115 cm³/mol. The van der Waals surface area contributed by atoms with E-state index in [-0.39, 0.29) is 30.7 Å². The molecule has 2 rings (SSSR count). The van der Waals surface area contributed by atoms with Gasteiger partial charge >= 0.3 is 11.9 Å². The van der Waals surface area contributed by atoms with Crippen molar-refractivity contribution in [2.24, 2.45) is 0 Å². The maximum atomic E-state index is 10.9. The molecular formula is C21H22N2O6S2. The van der Waals surface area contributed by atoms with Gasteiger partial charge in [0, 0.05) is 26.7 Å². The molecule has 0 radical (unpaired) electrons. The first-order chi connectivity index (χ1) is 14.9. The van der Waals surface area contributed by atoms with Gasteiger partial charge in [-0.2, -0.15) is 10.5 Å². The van der Waals surface area contributed by atoms with Crippen molar-refractivity contribution in [3.05, 3.63) is 21.4 Å². The van der Waals surface area contributed by atoms with Crippen LogP contribution in [0.15, 0.2) is 25.7 Å². The number of hydrogen-bond acceptors (Lipinski definition) is 10. The van der Waals surface area contributed by atoms with Crippen LogP contribution in [0.3, 0.4) is 0 Å². The predicted octanol–water partition coefficient (Wildman–Crippen LogP) is 4.12. The van der Waals surface area contributed by atoms with E-state index in [1.54, 1.807) is 0 Å². The average Bonchev–Trinajstić information content (AvgIpc) is 3.15. The van der Waals surface area contributed by atoms with Crippen LogP contribution in [0, 0.1) is 29.6 Å². The second-order valence-corrected chi connectivity index (χ2v) is 8.65. The molecule has 10 heteroatoms. The van der Waals surface area contributed by atoms with Crippen LogP contribution in [0.4, 0.5) is 0 Å². The molecule has 1 aromatic carbocycles. The molecule has 31 heavy (non-hydrogen) atoms. The van der Waals surface area contributed by atoms with Crippen molar-refractivity contribution >= 4 is 35.5 Å². The maximum Gasteiger partial charge on any atom is 0.302 e. The van der Waals surface area contributed by atoms with Crippen LogP contribution in [0.5, 0.6) is 11.5 Å². The van der Waals surface area contributed by atoms with Crippen LogP contribution < -0.4 is 9.47 Å². The lowest BCUT2D eigenvalue weighted by atomic mass is 10.2. The van der Waals surface area contributed by atoms with E-state index in [0.29, 0.717) is 41.8 Å². The molecule has 8 nitrogen and oxygen atoms in total. The summed E-state index contributed by atoms with van der Waals surface area (Å²) in [6.45, 7) is 5.81. The fourth-order valence-electron chi connectivity index (χ4n) is 2.53. The third-order valence-electron chi connectivity index (χ3n) is 3.85. The molecular weight excluding hydrogens is 440 g/mol. The van der Waals surface area contributed by atoms with Crippen molar-refractivity contribution in [2.45, 2.75) is 43.4 Å². The molecule has 0 fully saturated rings. The standard InChI is InChI=1S/C21H22N2O6S2/c1-13-10-17(28-8-4-6-26-14(2)24)19-20(31-21(30-19)16(11-22)12-23)18(13)29-9-5-7-27-15(3)25/h10H,4-9H2,1-3H3. The number of nitrogens with zero attached hydrogens (tertiary/aromatic N) is 2. The van der Waals surface area contributed by atoms with E-state index in [9.17, 15) is 20.1 Å². The minimum absolute atomic E-state index is 0.0328. The van der Waals surface area contributed by atoms with Crippen LogP contribution in [0.2, 0.25) is 0 Å². The van der Waals surface area contributed by atoms with E-state index in [1.165, 1.54) is 37.4 Å². The molecule has 0 saturated carbocycles. The fourth-order valence-corrected chi connectivity index (χ4v) is 5.11. The Kier molecular flexibility index (Phi) is 9.57. The molecule has 0 saturated heterocycles. The van der Waals surface area contributed by atoms with Crippen molar-refractivity contribution in [1.29, 1.82) is 10.5 Å². The Morgan fingerprint density at radius 1 is 0.903 bits per heavy atom. The molecule has 0 unspecified atom stereocenters. The molecule has 0 aromatic heterocycles. The number of nitriles is 2. The molecule has 1 aromatic rings. The van der Waals surface area contributed by atoms with E-state index in [1.807, 2.05) is 25.1 Å². The summed E-state index contributed by atoms with van der Waals surface area (Å²) in [7, 11) is 0. The molecule has 0 atom stereocenters. The minimum Gasteiger partial charge on any atom is -0.492 e. The summed E-state index contributed by atoms with van der Waals surface area (Å²) in [6.07, 6.45) is 1.06. The lowest BCUT2D eigenvalue weighted by molar-refractivity contribution is -0.142. The molecule has 1 aliphatic heterocycles. The summed E-state index contributed by atoms with van der Waals surface area (Å²) in [5.41, 5.74) is 0.872. The first-order valence-corrected chi connectivity index (χ1v) is 11.1. The van der Waals surface area contributed by atoms with Gasteiger partial charge in [-0.1, -0.05) is 23.5 Å². The van der Waals surface area contributed by atoms with Crippen molar-refractivity contribution in [3.8, 4) is 23.6 Å². The zero-order valence-corrected chi connectivity index (χ0v) is 19.1. The molecule has 0 N–H and O–H groups in total. The SMILES string of the molecule is CC(=O)OCCCOc1cc(C)c(OCCCOC(C)=O)c2c1SC(=C(C#N)C#N)S2. The van der Waals surface area contributed by atoms with Crippen molar-refractivity contribution in [2.75, 3.05) is 26.4 Å². The van der Waals surface area contributed by atoms with Gasteiger partial charge < -0.3 is 18.9 Å². The van der Waals surface area contributed by atoms with E-state index >= 15 is 0 Å². The highest BCUT2D eigenvalue weighted by molar-refractivity contribution is 8.24. The van der Waals surface area contributed by atoms with Crippen LogP contribution in [0.1, 0.15) is 32.3 Å². The highest BCUT2D eigenvalue weighted by Gasteiger charge is 2.30. The van der Waals surface area contributed by atoms with Gasteiger partial charge in [-0.25, -0.2) is 0 Å². The number of hydrogen-bond donors (Lipinski definition) is 0. The van der Waals surface area contributed by atoms with Gasteiger partial charge in [0.1, 0.15) is 29.2 Å². The quantitative estimate of drug-likeness (QED) is 0.285. The number of carbonyl (C=O) groups excluding carboxylic acids is 2. The van der Waals surface area contributed by atoms with E-state index in [2.05, 4.69) is 0 Å². The zero-order chi connectivity index (χ0) is 22.8. The Balaban J connectivity index is 2.19. The number of carbonyl (C=O) groups is 2. The number of rotatable bonds is 10. The van der Waals surface area contributed by atoms with Gasteiger partial charge in [0.15, 0.2) is 0 Å². The van der Waals surface area contributed by atoms with E-state index < -0.39 is 0 Å². The summed E-state index contributed by atoms with van der Waals surface area (Å²) >= 11 is 2.60. The third kappa shape index (κ3) is 7.12. The van der Waals surface area contributed by atoms with Gasteiger partial charge in [0.05, 0.1) is 40.5 Å². The Morgan fingerprint density at radius 3 is 2.00 bits per heavy atom. The van der Waals surface area contributed by atoms with Gasteiger partial charge in [-0.3, -0.25) is 9.59 Å². The first-order valence-electron chi connectivity index (χ1n) is 9.47. The first kappa shape index (κ1) is 24.4. The van der Waals surface area contributed by atoms with Crippen molar-refractivity contribution in [1.82, 2.24) is 0 Å². The summed E-state index contributed by atoms with van der Waals surface area (Å²) in [4.78, 5) is 23.3. The number of allylic oxidation sites excluding steroid dienone is 1. The summed E-state index contributed by atoms with van der Waals surface area (Å²) < 4.78 is 22.3. The molecule has 164 valence electrons. The fraction of sp³-hybridized carbons (Fsp3) is 0.429. The smallest absolute Gasteiger partial charge is 0.302 e. The number of thioether (sulfide) groups is 2. The number of esters is 2. The molecule has 1 heterocycles. The van der Waals surface area contributed by atoms with Crippen molar-refractivity contribution < 1.29 is 28.5 Å². The second kappa shape index (κ2) is 12.1. The zero-order valence-electron chi connectivity index (χ0n) is 17.5. The lowest BCUT2D eigenvalue weighted by Gasteiger charge is -2.16. The summed E-state index contributed by atoms with van der Waals surface area (Å²) in [6, 6.07) is 5.69. The highest BCUT2D eigenvalue weighted by Crippen LogP contribution is 2.59. The monoisotopic (exact) mass is 462 g/mol. The third-order valence-corrected chi connectivity index (χ3v) is 6.46. The molecule has 0 amide bonds. The number of benzene rings is 1. The Bertz CT molecular complexity index is 946. The number of aryl methyl sites for hydroxylation is 1. The van der Waals surface area contributed by atoms with Crippen LogP contribution in [-0.4, -0.2) is 38.4 Å². The Hall–Kier alpha value is -2.82. The molecule has 0 aliphatic carbocycles. The van der Waals surface area contributed by atoms with Crippen LogP contribution in [0.25, 0.3) is 0 Å². The minimum atomic E-state index is -0.339. The summed E-state index contributed by atoms with van der Waals surface area (Å²) in [5, 5.41) is 18.5. The Morgan fingerprint density at radius 2 is 1.45 bits per heavy atom. The number of ether oxygens (including phenoxy) is 4. The van der Waals surface area contributed by atoms with Crippen LogP contribution in [-0.2, 0) is 19.1 Å². The van der Waals surface area contributed by atoms with Crippen LogP contribution >= 0.6 is 23.5 Å². The van der Waals surface area contributed by atoms with Crippen molar-refractivity contribution in [3.63, 3.8) is 0 Å². The largest absolute Gasteiger partial charge is 0.492 e. The average molecular weight is 463 g/mol. The van der Waals surface area contributed by atoms with E-state index in [4.69, 9.17) is 18.9 Å². The Labute approximate surface area is 189 Å². The lowest BCUT2D eigenvalue weighted by Crippen LogP contribution is -2.08. The second-order valence-electron chi connectivity index (χ2n) is 6.35. The number of fused-ring (bicyclic) bond motifs is 1. The summed E-state index contributed by atoms with van der Waals surface area (Å²) in [5.74, 6) is 0.585. The maximum absolute atomic E-state index is 10.9.